The minimum atomic E-state index is -1.78. The van der Waals surface area contributed by atoms with Crippen LogP contribution in [0.3, 0.4) is 0 Å². The van der Waals surface area contributed by atoms with Crippen LogP contribution in [-0.2, 0) is 13.6 Å². The smallest absolute Gasteiger partial charge is 0.320 e. The first-order valence-electron chi connectivity index (χ1n) is 5.10. The molecule has 0 unspecified atom stereocenters. The molecule has 0 aliphatic carbocycles. The van der Waals surface area contributed by atoms with Gasteiger partial charge in [-0.2, -0.15) is 0 Å². The van der Waals surface area contributed by atoms with Crippen LogP contribution in [0, 0.1) is 0 Å². The monoisotopic (exact) mass is 246 g/mol. The molecule has 0 aromatic rings. The van der Waals surface area contributed by atoms with Gasteiger partial charge in [-0.15, -0.1) is 0 Å². The van der Waals surface area contributed by atoms with Crippen molar-refractivity contribution in [1.29, 1.82) is 0 Å². The number of allylic oxidation sites excluding steroid dienone is 1. The maximum absolute atomic E-state index is 11.4. The van der Waals surface area contributed by atoms with Gasteiger partial charge in [-0.3, -0.25) is 0 Å². The highest BCUT2D eigenvalue weighted by Gasteiger charge is 2.20. The fraction of sp³-hybridized carbons (Fsp3) is 0.700. The van der Waals surface area contributed by atoms with Gasteiger partial charge in [0, 0.05) is 0 Å². The van der Waals surface area contributed by atoms with E-state index in [-0.39, 0.29) is 5.97 Å². The Kier molecular flexibility index (Phi) is 4.80. The van der Waals surface area contributed by atoms with Crippen molar-refractivity contribution in [1.82, 2.24) is 0 Å². The van der Waals surface area contributed by atoms with Crippen molar-refractivity contribution in [2.24, 2.45) is 0 Å². The van der Waals surface area contributed by atoms with Crippen molar-refractivity contribution < 1.29 is 13.6 Å². The first-order valence-corrected chi connectivity index (χ1v) is 11.9. The zero-order valence-electron chi connectivity index (χ0n) is 10.8. The standard InChI is InChI=1S/C10H22O3Si2/c1-9(12-14(2,3)4)8-10(11)13-15(5,6)7/h8H,1-7H3/b9-8-. The third-order valence-corrected chi connectivity index (χ3v) is 2.94. The molecule has 0 rings (SSSR count). The van der Waals surface area contributed by atoms with Crippen LogP contribution in [0.4, 0.5) is 0 Å². The number of hydrogen-bond donors (Lipinski definition) is 0. The second-order valence-electron chi connectivity index (χ2n) is 5.50. The molecule has 3 nitrogen and oxygen atoms in total. The molecule has 0 atom stereocenters. The molecule has 0 saturated carbocycles. The van der Waals surface area contributed by atoms with Crippen molar-refractivity contribution in [2.45, 2.75) is 46.2 Å². The maximum atomic E-state index is 11.4. The molecule has 88 valence electrons. The summed E-state index contributed by atoms with van der Waals surface area (Å²) in [5, 5.41) is 0. The molecule has 0 heterocycles. The molecule has 0 radical (unpaired) electrons. The van der Waals surface area contributed by atoms with Crippen LogP contribution in [0.1, 0.15) is 6.92 Å². The molecule has 0 aromatic heterocycles. The lowest BCUT2D eigenvalue weighted by Crippen LogP contribution is -2.29. The van der Waals surface area contributed by atoms with E-state index in [0.29, 0.717) is 5.76 Å². The summed E-state index contributed by atoms with van der Waals surface area (Å²) in [7, 11) is -3.39. The Bertz CT molecular complexity index is 259. The summed E-state index contributed by atoms with van der Waals surface area (Å²) in [4.78, 5) is 11.4. The summed E-state index contributed by atoms with van der Waals surface area (Å²) in [5.41, 5.74) is 0. The van der Waals surface area contributed by atoms with Gasteiger partial charge in [0.2, 0.25) is 16.6 Å². The zero-order valence-corrected chi connectivity index (χ0v) is 12.8. The highest BCUT2D eigenvalue weighted by molar-refractivity contribution is 6.71. The van der Waals surface area contributed by atoms with Crippen molar-refractivity contribution in [3.05, 3.63) is 11.8 Å². The molecule has 0 spiro atoms. The topological polar surface area (TPSA) is 35.5 Å². The molecule has 0 amide bonds. The Morgan fingerprint density at radius 3 is 1.67 bits per heavy atom. The van der Waals surface area contributed by atoms with Crippen LogP contribution in [0.5, 0.6) is 0 Å². The van der Waals surface area contributed by atoms with Crippen LogP contribution >= 0.6 is 0 Å². The lowest BCUT2D eigenvalue weighted by molar-refractivity contribution is -0.129. The quantitative estimate of drug-likeness (QED) is 0.434. The van der Waals surface area contributed by atoms with E-state index in [1.165, 1.54) is 6.08 Å². The number of hydrogen-bond acceptors (Lipinski definition) is 3. The minimum Gasteiger partial charge on any atom is -0.547 e. The minimum absolute atomic E-state index is 0.287. The molecule has 15 heavy (non-hydrogen) atoms. The largest absolute Gasteiger partial charge is 0.547 e. The first-order chi connectivity index (χ1) is 6.49. The molecule has 0 saturated heterocycles. The first kappa shape index (κ1) is 14.4. The summed E-state index contributed by atoms with van der Waals surface area (Å²) in [6, 6.07) is 0. The van der Waals surface area contributed by atoms with Crippen LogP contribution in [0.25, 0.3) is 0 Å². The molecular formula is C10H22O3Si2. The highest BCUT2D eigenvalue weighted by Crippen LogP contribution is 2.11. The Morgan fingerprint density at radius 2 is 1.33 bits per heavy atom. The molecule has 5 heteroatoms. The maximum Gasteiger partial charge on any atom is 0.320 e. The number of carbonyl (C=O) groups is 1. The van der Waals surface area contributed by atoms with Crippen molar-refractivity contribution in [3.63, 3.8) is 0 Å². The van der Waals surface area contributed by atoms with Gasteiger partial charge in [0.25, 0.3) is 0 Å². The van der Waals surface area contributed by atoms with Gasteiger partial charge in [0.1, 0.15) is 0 Å². The van der Waals surface area contributed by atoms with Gasteiger partial charge in [0.15, 0.2) is 0 Å². The van der Waals surface area contributed by atoms with Crippen LogP contribution in [0.15, 0.2) is 11.8 Å². The average Bonchev–Trinajstić information content (AvgIpc) is 1.73. The summed E-state index contributed by atoms with van der Waals surface area (Å²) in [6.45, 7) is 14.0. The predicted octanol–water partition coefficient (Wildman–Crippen LogP) is 3.12. The molecule has 0 aliphatic rings. The molecule has 0 fully saturated rings. The van der Waals surface area contributed by atoms with Crippen LogP contribution in [-0.4, -0.2) is 22.6 Å². The van der Waals surface area contributed by atoms with Crippen molar-refractivity contribution in [2.75, 3.05) is 0 Å². The molecule has 0 aliphatic heterocycles. The van der Waals surface area contributed by atoms with Crippen molar-refractivity contribution >= 4 is 22.6 Å². The third-order valence-electron chi connectivity index (χ3n) is 1.20. The Morgan fingerprint density at radius 1 is 0.933 bits per heavy atom. The summed E-state index contributed by atoms with van der Waals surface area (Å²) < 4.78 is 10.9. The van der Waals surface area contributed by atoms with Gasteiger partial charge < -0.3 is 8.85 Å². The number of carbonyl (C=O) groups excluding carboxylic acids is 1. The van der Waals surface area contributed by atoms with Crippen molar-refractivity contribution in [3.8, 4) is 0 Å². The van der Waals surface area contributed by atoms with Crippen LogP contribution in [0.2, 0.25) is 39.3 Å². The van der Waals surface area contributed by atoms with E-state index in [9.17, 15) is 4.79 Å². The Labute approximate surface area is 94.7 Å². The normalized spacial score (nSPS) is 13.7. The SMILES string of the molecule is C/C(=C/C(=O)O[Si](C)(C)C)O[Si](C)(C)C. The third kappa shape index (κ3) is 9.74. The van der Waals surface area contributed by atoms with Gasteiger partial charge in [-0.1, -0.05) is 0 Å². The summed E-state index contributed by atoms with van der Waals surface area (Å²) >= 11 is 0. The van der Waals surface area contributed by atoms with E-state index in [1.54, 1.807) is 6.92 Å². The van der Waals surface area contributed by atoms with Gasteiger partial charge in [0.05, 0.1) is 11.8 Å². The second kappa shape index (κ2) is 4.98. The second-order valence-corrected chi connectivity index (χ2v) is 14.4. The fourth-order valence-electron chi connectivity index (χ4n) is 1.01. The summed E-state index contributed by atoms with van der Waals surface area (Å²) in [6.07, 6.45) is 1.44. The predicted molar refractivity (Wildman–Crippen MR) is 67.6 cm³/mol. The van der Waals surface area contributed by atoms with Crippen LogP contribution < -0.4 is 0 Å². The lowest BCUT2D eigenvalue weighted by Gasteiger charge is -2.20. The molecule has 0 bridgehead atoms. The van der Waals surface area contributed by atoms with E-state index >= 15 is 0 Å². The fourth-order valence-corrected chi connectivity index (χ4v) is 2.70. The average molecular weight is 246 g/mol. The zero-order chi connectivity index (χ0) is 12.3. The molecule has 0 N–H and O–H groups in total. The molecular weight excluding hydrogens is 224 g/mol. The van der Waals surface area contributed by atoms with E-state index in [2.05, 4.69) is 19.6 Å². The van der Waals surface area contributed by atoms with E-state index in [1.807, 2.05) is 19.6 Å². The van der Waals surface area contributed by atoms with Gasteiger partial charge in [-0.25, -0.2) is 4.79 Å². The van der Waals surface area contributed by atoms with E-state index < -0.39 is 16.6 Å². The van der Waals surface area contributed by atoms with E-state index in [0.717, 1.165) is 0 Å². The van der Waals surface area contributed by atoms with E-state index in [4.69, 9.17) is 8.85 Å². The van der Waals surface area contributed by atoms with Gasteiger partial charge in [-0.05, 0) is 46.2 Å². The van der Waals surface area contributed by atoms with Gasteiger partial charge >= 0.3 is 5.97 Å². The highest BCUT2D eigenvalue weighted by atomic mass is 28.4. The lowest BCUT2D eigenvalue weighted by atomic mass is 10.5. The number of rotatable bonds is 4. The Balaban J connectivity index is 4.31. The summed E-state index contributed by atoms with van der Waals surface area (Å²) in [5.74, 6) is 0.363. The molecule has 0 aromatic carbocycles. The Hall–Kier alpha value is -0.556.